The number of hydrogen-bond donors (Lipinski definition) is 2. The predicted octanol–water partition coefficient (Wildman–Crippen LogP) is 3.20. The zero-order valence-corrected chi connectivity index (χ0v) is 17.4. The lowest BCUT2D eigenvalue weighted by molar-refractivity contribution is -0.130. The lowest BCUT2D eigenvalue weighted by atomic mass is 9.49. The third-order valence-electron chi connectivity index (χ3n) is 7.33. The Bertz CT molecular complexity index is 916. The Morgan fingerprint density at radius 3 is 2.40 bits per heavy atom. The number of hydrogen-bond acceptors (Lipinski definition) is 4. The van der Waals surface area contributed by atoms with E-state index in [1.165, 1.54) is 44.7 Å². The van der Waals surface area contributed by atoms with Crippen LogP contribution in [-0.2, 0) is 11.2 Å². The van der Waals surface area contributed by atoms with E-state index in [9.17, 15) is 9.59 Å². The van der Waals surface area contributed by atoms with E-state index in [1.807, 2.05) is 25.1 Å². The van der Waals surface area contributed by atoms with Crippen LogP contribution >= 0.6 is 0 Å². The van der Waals surface area contributed by atoms with Crippen LogP contribution in [0.15, 0.2) is 30.6 Å². The van der Waals surface area contributed by atoms with Crippen molar-refractivity contribution >= 4 is 11.8 Å². The highest BCUT2D eigenvalue weighted by atomic mass is 16.2. The van der Waals surface area contributed by atoms with E-state index in [-0.39, 0.29) is 17.2 Å². The molecule has 4 aliphatic carbocycles. The van der Waals surface area contributed by atoms with Gasteiger partial charge in [-0.2, -0.15) is 5.10 Å². The van der Waals surface area contributed by atoms with E-state index in [0.29, 0.717) is 24.2 Å². The molecule has 0 saturated heterocycles. The summed E-state index contributed by atoms with van der Waals surface area (Å²) in [6.07, 6.45) is 12.0. The summed E-state index contributed by atoms with van der Waals surface area (Å²) in [5, 5.41) is 4.33. The summed E-state index contributed by atoms with van der Waals surface area (Å²) in [4.78, 5) is 29.7. The smallest absolute Gasteiger partial charge is 0.273 e. The number of carbonyl (C=O) groups excluding carboxylic acids is 2. The summed E-state index contributed by atoms with van der Waals surface area (Å²) in [6.45, 7) is 1.97. The molecular formula is C23H29N5O2. The molecule has 0 radical (unpaired) electrons. The molecule has 6 rings (SSSR count). The van der Waals surface area contributed by atoms with Gasteiger partial charge in [-0.15, -0.1) is 0 Å². The molecule has 4 fully saturated rings. The largest absolute Gasteiger partial charge is 0.273 e. The van der Waals surface area contributed by atoms with E-state index in [1.54, 1.807) is 10.9 Å². The fourth-order valence-corrected chi connectivity index (χ4v) is 6.67. The van der Waals surface area contributed by atoms with Gasteiger partial charge in [0.15, 0.2) is 5.82 Å². The molecule has 30 heavy (non-hydrogen) atoms. The van der Waals surface area contributed by atoms with Crippen molar-refractivity contribution in [3.63, 3.8) is 0 Å². The number of aromatic nitrogens is 3. The Kier molecular flexibility index (Phi) is 4.83. The van der Waals surface area contributed by atoms with Gasteiger partial charge in [-0.25, -0.2) is 9.67 Å². The van der Waals surface area contributed by atoms with Crippen molar-refractivity contribution in [1.29, 1.82) is 0 Å². The van der Waals surface area contributed by atoms with Crippen molar-refractivity contribution in [3.8, 4) is 5.82 Å². The molecule has 0 spiro atoms. The molecule has 7 nitrogen and oxygen atoms in total. The fourth-order valence-electron chi connectivity index (χ4n) is 6.67. The highest BCUT2D eigenvalue weighted by Crippen LogP contribution is 2.61. The van der Waals surface area contributed by atoms with Gasteiger partial charge >= 0.3 is 0 Å². The van der Waals surface area contributed by atoms with Gasteiger partial charge in [-0.3, -0.25) is 20.4 Å². The molecule has 2 heterocycles. The molecule has 4 bridgehead atoms. The van der Waals surface area contributed by atoms with Crippen molar-refractivity contribution < 1.29 is 9.59 Å². The van der Waals surface area contributed by atoms with Gasteiger partial charge in [-0.05, 0) is 80.2 Å². The van der Waals surface area contributed by atoms with Gasteiger partial charge in [0.2, 0.25) is 5.91 Å². The average molecular weight is 408 g/mol. The second-order valence-corrected chi connectivity index (χ2v) is 9.55. The van der Waals surface area contributed by atoms with Crippen molar-refractivity contribution in [2.45, 2.75) is 58.3 Å². The number of nitrogens with zero attached hydrogens (tertiary/aromatic N) is 3. The monoisotopic (exact) mass is 407 g/mol. The number of carbonyl (C=O) groups is 2. The number of amides is 2. The Morgan fingerprint density at radius 2 is 1.80 bits per heavy atom. The summed E-state index contributed by atoms with van der Waals surface area (Å²) in [5.41, 5.74) is 6.65. The van der Waals surface area contributed by atoms with Crippen LogP contribution in [0.1, 0.15) is 67.9 Å². The molecule has 0 atom stereocenters. The lowest BCUT2D eigenvalue weighted by Gasteiger charge is -2.56. The number of pyridine rings is 1. The van der Waals surface area contributed by atoms with Crippen LogP contribution in [0.4, 0.5) is 0 Å². The van der Waals surface area contributed by atoms with Crippen LogP contribution in [0, 0.1) is 23.2 Å². The maximum atomic E-state index is 12.7. The third-order valence-corrected chi connectivity index (χ3v) is 7.33. The maximum Gasteiger partial charge on any atom is 0.273 e. The fraction of sp³-hybridized carbons (Fsp3) is 0.565. The van der Waals surface area contributed by atoms with E-state index in [2.05, 4.69) is 20.9 Å². The Labute approximate surface area is 176 Å². The quantitative estimate of drug-likeness (QED) is 0.745. The second kappa shape index (κ2) is 7.52. The molecule has 0 aliphatic heterocycles. The first kappa shape index (κ1) is 19.3. The Morgan fingerprint density at radius 1 is 1.10 bits per heavy atom. The standard InChI is InChI=1S/C23H29N5O2/c1-2-19-18(14-25-28(19)20-5-3-4-6-24-20)22(30)27-26-21(29)13-23-10-15-7-16(11-23)9-17(8-15)12-23/h3-6,14-17H,2,7-13H2,1H3,(H,26,29)(H,27,30). The first-order chi connectivity index (χ1) is 14.5. The van der Waals surface area contributed by atoms with Gasteiger partial charge in [0, 0.05) is 12.6 Å². The van der Waals surface area contributed by atoms with E-state index in [4.69, 9.17) is 0 Å². The highest BCUT2D eigenvalue weighted by molar-refractivity contribution is 5.96. The first-order valence-corrected chi connectivity index (χ1v) is 11.1. The summed E-state index contributed by atoms with van der Waals surface area (Å²) in [5.74, 6) is 2.67. The molecule has 2 N–H and O–H groups in total. The minimum atomic E-state index is -0.340. The molecule has 4 saturated carbocycles. The number of hydrazine groups is 1. The van der Waals surface area contributed by atoms with Gasteiger partial charge in [0.25, 0.3) is 5.91 Å². The summed E-state index contributed by atoms with van der Waals surface area (Å²) < 4.78 is 1.67. The molecule has 2 amide bonds. The van der Waals surface area contributed by atoms with Crippen molar-refractivity contribution in [1.82, 2.24) is 25.6 Å². The van der Waals surface area contributed by atoms with Crippen molar-refractivity contribution in [3.05, 3.63) is 41.9 Å². The highest BCUT2D eigenvalue weighted by Gasteiger charge is 2.51. The normalized spacial score (nSPS) is 29.0. The Balaban J connectivity index is 1.22. The summed E-state index contributed by atoms with van der Waals surface area (Å²) in [6, 6.07) is 5.57. The van der Waals surface area contributed by atoms with Crippen molar-refractivity contribution in [2.75, 3.05) is 0 Å². The molecule has 158 valence electrons. The van der Waals surface area contributed by atoms with Crippen LogP contribution in [-0.4, -0.2) is 26.6 Å². The van der Waals surface area contributed by atoms with Gasteiger partial charge in [-0.1, -0.05) is 13.0 Å². The average Bonchev–Trinajstić information content (AvgIpc) is 3.15. The topological polar surface area (TPSA) is 88.9 Å². The maximum absolute atomic E-state index is 12.7. The number of nitrogens with one attached hydrogen (secondary N) is 2. The second-order valence-electron chi connectivity index (χ2n) is 9.55. The predicted molar refractivity (Wildman–Crippen MR) is 112 cm³/mol. The van der Waals surface area contributed by atoms with Gasteiger partial charge in [0.05, 0.1) is 17.5 Å². The molecule has 4 aliphatic rings. The zero-order chi connectivity index (χ0) is 20.7. The first-order valence-electron chi connectivity index (χ1n) is 11.1. The van der Waals surface area contributed by atoms with Crippen LogP contribution in [0.25, 0.3) is 5.82 Å². The summed E-state index contributed by atoms with van der Waals surface area (Å²) in [7, 11) is 0. The van der Waals surface area contributed by atoms with E-state index < -0.39 is 0 Å². The SMILES string of the molecule is CCc1c(C(=O)NNC(=O)CC23CC4CC(CC(C4)C2)C3)cnn1-c1ccccn1. The summed E-state index contributed by atoms with van der Waals surface area (Å²) >= 11 is 0. The molecule has 0 aromatic carbocycles. The van der Waals surface area contributed by atoms with E-state index in [0.717, 1.165) is 23.4 Å². The lowest BCUT2D eigenvalue weighted by Crippen LogP contribution is -2.50. The minimum Gasteiger partial charge on any atom is -0.273 e. The molecule has 2 aromatic rings. The van der Waals surface area contributed by atoms with Crippen LogP contribution in [0.2, 0.25) is 0 Å². The third kappa shape index (κ3) is 3.50. The van der Waals surface area contributed by atoms with Gasteiger partial charge < -0.3 is 0 Å². The van der Waals surface area contributed by atoms with Crippen molar-refractivity contribution in [2.24, 2.45) is 23.2 Å². The van der Waals surface area contributed by atoms with Crippen LogP contribution < -0.4 is 10.9 Å². The molecular weight excluding hydrogens is 378 g/mol. The molecule has 0 unspecified atom stereocenters. The Hall–Kier alpha value is -2.70. The zero-order valence-electron chi connectivity index (χ0n) is 17.4. The molecule has 2 aromatic heterocycles. The van der Waals surface area contributed by atoms with Crippen LogP contribution in [0.5, 0.6) is 0 Å². The van der Waals surface area contributed by atoms with Gasteiger partial charge in [0.1, 0.15) is 0 Å². The van der Waals surface area contributed by atoms with Crippen LogP contribution in [0.3, 0.4) is 0 Å². The number of rotatable bonds is 5. The van der Waals surface area contributed by atoms with E-state index >= 15 is 0 Å². The minimum absolute atomic E-state index is 0.0829. The molecule has 7 heteroatoms.